The summed E-state index contributed by atoms with van der Waals surface area (Å²) in [7, 11) is 0. The predicted octanol–water partition coefficient (Wildman–Crippen LogP) is 4.93. The zero-order chi connectivity index (χ0) is 19.0. The molecule has 0 amide bonds. The van der Waals surface area contributed by atoms with Gasteiger partial charge in [-0.1, -0.05) is 11.6 Å². The first-order chi connectivity index (χ1) is 12.8. The van der Waals surface area contributed by atoms with Crippen LogP contribution in [0.3, 0.4) is 0 Å². The van der Waals surface area contributed by atoms with Crippen molar-refractivity contribution < 1.29 is 17.6 Å². The maximum Gasteiger partial charge on any atom is 0.433 e. The highest BCUT2D eigenvalue weighted by Gasteiger charge is 2.50. The van der Waals surface area contributed by atoms with E-state index in [0.29, 0.717) is 21.6 Å². The molecule has 1 aromatic carbocycles. The molecule has 3 heterocycles. The van der Waals surface area contributed by atoms with Crippen LogP contribution in [-0.2, 0) is 11.8 Å². The average molecular weight is 396 g/mol. The van der Waals surface area contributed by atoms with Crippen LogP contribution in [0.25, 0.3) is 27.8 Å². The third-order valence-electron chi connectivity index (χ3n) is 4.63. The van der Waals surface area contributed by atoms with Crippen LogP contribution in [0.5, 0.6) is 0 Å². The SMILES string of the molecule is FC(F)(F)c1ccc2nc(C3(F)CC3)n(-c3cc(Cl)c4[nH]ncc4c3)c2n1. The highest BCUT2D eigenvalue weighted by Crippen LogP contribution is 2.50. The second-order valence-corrected chi connectivity index (χ2v) is 6.94. The molecule has 1 N–H and O–H groups in total. The zero-order valence-corrected chi connectivity index (χ0v) is 14.2. The van der Waals surface area contributed by atoms with Gasteiger partial charge in [0.05, 0.1) is 22.4 Å². The number of H-pyrrole nitrogens is 1. The molecule has 4 aromatic rings. The zero-order valence-electron chi connectivity index (χ0n) is 13.5. The summed E-state index contributed by atoms with van der Waals surface area (Å²) in [6, 6.07) is 5.23. The molecule has 1 fully saturated rings. The Morgan fingerprint density at radius 3 is 2.63 bits per heavy atom. The molecule has 0 unspecified atom stereocenters. The molecule has 0 atom stereocenters. The number of hydrogen-bond donors (Lipinski definition) is 1. The standard InChI is InChI=1S/C17H10ClF4N5/c18-10-6-9(5-8-7-23-26-13(8)10)27-14-11(24-15(27)16(19)3-4-16)1-2-12(25-14)17(20,21)22/h1-2,5-7H,3-4H2,(H,23,26). The molecule has 0 radical (unpaired) electrons. The molecule has 0 aliphatic heterocycles. The van der Waals surface area contributed by atoms with Crippen molar-refractivity contribution in [2.45, 2.75) is 24.7 Å². The van der Waals surface area contributed by atoms with Crippen molar-refractivity contribution in [3.05, 3.63) is 47.0 Å². The van der Waals surface area contributed by atoms with E-state index < -0.39 is 17.5 Å². The number of halogens is 5. The lowest BCUT2D eigenvalue weighted by Crippen LogP contribution is -2.11. The lowest BCUT2D eigenvalue weighted by molar-refractivity contribution is -0.141. The summed E-state index contributed by atoms with van der Waals surface area (Å²) in [6.07, 6.45) is -2.59. The van der Waals surface area contributed by atoms with Crippen LogP contribution >= 0.6 is 11.6 Å². The lowest BCUT2D eigenvalue weighted by atomic mass is 10.2. The van der Waals surface area contributed by atoms with Crippen LogP contribution in [0.1, 0.15) is 24.4 Å². The monoisotopic (exact) mass is 395 g/mol. The molecule has 3 aromatic heterocycles. The number of nitrogens with one attached hydrogen (secondary N) is 1. The third kappa shape index (κ3) is 2.48. The van der Waals surface area contributed by atoms with Crippen molar-refractivity contribution >= 4 is 33.7 Å². The molecule has 138 valence electrons. The number of imidazole rings is 1. The van der Waals surface area contributed by atoms with Crippen molar-refractivity contribution in [2.24, 2.45) is 0 Å². The first-order valence-corrected chi connectivity index (χ1v) is 8.43. The lowest BCUT2D eigenvalue weighted by Gasteiger charge is -2.12. The van der Waals surface area contributed by atoms with E-state index in [1.54, 1.807) is 6.07 Å². The summed E-state index contributed by atoms with van der Waals surface area (Å²) >= 11 is 6.26. The second kappa shape index (κ2) is 5.19. The average Bonchev–Trinajstić information content (AvgIpc) is 3.05. The summed E-state index contributed by atoms with van der Waals surface area (Å²) < 4.78 is 55.6. The van der Waals surface area contributed by atoms with Gasteiger partial charge in [-0.05, 0) is 37.1 Å². The Kier molecular flexibility index (Phi) is 3.17. The Morgan fingerprint density at radius 1 is 1.15 bits per heavy atom. The van der Waals surface area contributed by atoms with Gasteiger partial charge in [-0.2, -0.15) is 18.3 Å². The van der Waals surface area contributed by atoms with Crippen LogP contribution in [0, 0.1) is 0 Å². The Hall–Kier alpha value is -2.68. The van der Waals surface area contributed by atoms with Crippen molar-refractivity contribution in [3.8, 4) is 5.69 Å². The Bertz CT molecular complexity index is 1210. The molecule has 5 nitrogen and oxygen atoms in total. The van der Waals surface area contributed by atoms with E-state index in [0.717, 1.165) is 6.07 Å². The van der Waals surface area contributed by atoms with E-state index in [2.05, 4.69) is 20.2 Å². The van der Waals surface area contributed by atoms with E-state index in [9.17, 15) is 17.6 Å². The number of fused-ring (bicyclic) bond motifs is 2. The van der Waals surface area contributed by atoms with Crippen molar-refractivity contribution in [2.75, 3.05) is 0 Å². The van der Waals surface area contributed by atoms with Crippen LogP contribution in [0.15, 0.2) is 30.5 Å². The van der Waals surface area contributed by atoms with Gasteiger partial charge in [0.1, 0.15) is 11.2 Å². The fraction of sp³-hybridized carbons (Fsp3) is 0.235. The Labute approximate surface area is 154 Å². The number of rotatable bonds is 2. The topological polar surface area (TPSA) is 59.4 Å². The molecular weight excluding hydrogens is 386 g/mol. The molecular formula is C17H10ClF4N5. The van der Waals surface area contributed by atoms with Crippen molar-refractivity contribution in [1.29, 1.82) is 0 Å². The largest absolute Gasteiger partial charge is 0.433 e. The number of hydrogen-bond acceptors (Lipinski definition) is 3. The first-order valence-electron chi connectivity index (χ1n) is 8.05. The number of nitrogens with zero attached hydrogens (tertiary/aromatic N) is 4. The van der Waals surface area contributed by atoms with Gasteiger partial charge in [0.2, 0.25) is 0 Å². The van der Waals surface area contributed by atoms with Gasteiger partial charge in [0.15, 0.2) is 17.1 Å². The van der Waals surface area contributed by atoms with Gasteiger partial charge in [0.25, 0.3) is 0 Å². The quantitative estimate of drug-likeness (QED) is 0.490. The van der Waals surface area contributed by atoms with Gasteiger partial charge in [-0.3, -0.25) is 9.67 Å². The first kappa shape index (κ1) is 16.5. The Balaban J connectivity index is 1.84. The third-order valence-corrected chi connectivity index (χ3v) is 4.93. The summed E-state index contributed by atoms with van der Waals surface area (Å²) in [6.45, 7) is 0. The van der Waals surface area contributed by atoms with Crippen molar-refractivity contribution in [1.82, 2.24) is 24.7 Å². The summed E-state index contributed by atoms with van der Waals surface area (Å²) in [5.41, 5.74) is -1.68. The Morgan fingerprint density at radius 2 is 1.93 bits per heavy atom. The van der Waals surface area contributed by atoms with E-state index in [1.807, 2.05) is 0 Å². The molecule has 10 heteroatoms. The molecule has 1 saturated carbocycles. The maximum atomic E-state index is 14.9. The highest BCUT2D eigenvalue weighted by atomic mass is 35.5. The number of pyridine rings is 1. The van der Waals surface area contributed by atoms with E-state index in [1.165, 1.54) is 22.9 Å². The molecule has 0 bridgehead atoms. The van der Waals surface area contributed by atoms with E-state index in [-0.39, 0.29) is 29.8 Å². The van der Waals surface area contributed by atoms with Crippen LogP contribution in [0.2, 0.25) is 5.02 Å². The molecule has 1 aliphatic rings. The van der Waals surface area contributed by atoms with Crippen LogP contribution in [0.4, 0.5) is 17.6 Å². The summed E-state index contributed by atoms with van der Waals surface area (Å²) in [4.78, 5) is 7.96. The number of aromatic amines is 1. The molecule has 0 spiro atoms. The summed E-state index contributed by atoms with van der Waals surface area (Å²) in [5.74, 6) is 0.0308. The van der Waals surface area contributed by atoms with Gasteiger partial charge in [-0.15, -0.1) is 0 Å². The molecule has 1 aliphatic carbocycles. The van der Waals surface area contributed by atoms with Gasteiger partial charge in [0, 0.05) is 5.39 Å². The molecule has 27 heavy (non-hydrogen) atoms. The fourth-order valence-corrected chi connectivity index (χ4v) is 3.39. The molecule has 0 saturated heterocycles. The summed E-state index contributed by atoms with van der Waals surface area (Å²) in [5, 5.41) is 7.59. The second-order valence-electron chi connectivity index (χ2n) is 6.53. The highest BCUT2D eigenvalue weighted by molar-refractivity contribution is 6.35. The van der Waals surface area contributed by atoms with Gasteiger partial charge < -0.3 is 0 Å². The minimum Gasteiger partial charge on any atom is -0.278 e. The maximum absolute atomic E-state index is 14.9. The van der Waals surface area contributed by atoms with E-state index in [4.69, 9.17) is 11.6 Å². The predicted molar refractivity (Wildman–Crippen MR) is 90.5 cm³/mol. The fourth-order valence-electron chi connectivity index (χ4n) is 3.12. The minimum atomic E-state index is -4.62. The number of alkyl halides is 4. The van der Waals surface area contributed by atoms with Gasteiger partial charge >= 0.3 is 6.18 Å². The number of benzene rings is 1. The molecule has 5 rings (SSSR count). The number of aromatic nitrogens is 5. The van der Waals surface area contributed by atoms with Crippen LogP contribution < -0.4 is 0 Å². The van der Waals surface area contributed by atoms with Gasteiger partial charge in [-0.25, -0.2) is 14.4 Å². The minimum absolute atomic E-state index is 0.0308. The smallest absolute Gasteiger partial charge is 0.278 e. The normalized spacial score (nSPS) is 16.3. The van der Waals surface area contributed by atoms with Crippen molar-refractivity contribution in [3.63, 3.8) is 0 Å². The van der Waals surface area contributed by atoms with E-state index >= 15 is 0 Å². The van der Waals surface area contributed by atoms with Crippen LogP contribution in [-0.4, -0.2) is 24.7 Å².